The molecule has 0 radical (unpaired) electrons. The van der Waals surface area contributed by atoms with Crippen molar-refractivity contribution in [2.75, 3.05) is 27.3 Å². The van der Waals surface area contributed by atoms with E-state index in [2.05, 4.69) is 10.3 Å². The van der Waals surface area contributed by atoms with E-state index >= 15 is 0 Å². The molecule has 45 heavy (non-hydrogen) atoms. The van der Waals surface area contributed by atoms with E-state index in [1.807, 2.05) is 0 Å². The maximum absolute atomic E-state index is 14.0. The van der Waals surface area contributed by atoms with Gasteiger partial charge in [-0.3, -0.25) is 4.79 Å². The molecule has 1 aromatic heterocycles. The summed E-state index contributed by atoms with van der Waals surface area (Å²) in [4.78, 5) is 13.7. The van der Waals surface area contributed by atoms with Gasteiger partial charge in [0, 0.05) is 32.6 Å². The van der Waals surface area contributed by atoms with Crippen molar-refractivity contribution >= 4 is 17.7 Å². The molecule has 1 saturated carbocycles. The third-order valence-corrected chi connectivity index (χ3v) is 9.37. The van der Waals surface area contributed by atoms with Crippen LogP contribution in [0.2, 0.25) is 0 Å². The van der Waals surface area contributed by atoms with Gasteiger partial charge in [-0.1, -0.05) is 5.21 Å². The van der Waals surface area contributed by atoms with Crippen molar-refractivity contribution in [2.24, 2.45) is 0 Å². The van der Waals surface area contributed by atoms with E-state index in [9.17, 15) is 55.2 Å². The van der Waals surface area contributed by atoms with E-state index in [-0.39, 0.29) is 11.3 Å². The fraction of sp³-hybridized carbons (Fsp3) is 0.654. The van der Waals surface area contributed by atoms with Crippen LogP contribution < -0.4 is 0 Å². The molecule has 10 nitrogen and oxygen atoms in total. The first-order valence-corrected chi connectivity index (χ1v) is 14.5. The Hall–Kier alpha value is -2.58. The van der Waals surface area contributed by atoms with Crippen LogP contribution in [-0.4, -0.2) is 115 Å². The Morgan fingerprint density at radius 3 is 2.33 bits per heavy atom. The van der Waals surface area contributed by atoms with Crippen LogP contribution in [-0.2, 0) is 14.3 Å². The van der Waals surface area contributed by atoms with Gasteiger partial charge in [-0.25, -0.2) is 26.6 Å². The van der Waals surface area contributed by atoms with E-state index in [1.54, 1.807) is 0 Å². The lowest BCUT2D eigenvalue weighted by molar-refractivity contribution is -0.187. The number of aliphatic hydroxyl groups is 3. The van der Waals surface area contributed by atoms with Gasteiger partial charge in [0.05, 0.1) is 18.4 Å². The number of halogens is 8. The molecule has 2 fully saturated rings. The first kappa shape index (κ1) is 35.3. The van der Waals surface area contributed by atoms with Crippen molar-refractivity contribution in [2.45, 2.75) is 78.4 Å². The number of benzene rings is 1. The second-order valence-electron chi connectivity index (χ2n) is 11.0. The van der Waals surface area contributed by atoms with Gasteiger partial charge in [-0.15, -0.1) is 16.9 Å². The van der Waals surface area contributed by atoms with E-state index in [4.69, 9.17) is 9.47 Å². The molecule has 2 heterocycles. The highest BCUT2D eigenvalue weighted by Gasteiger charge is 2.54. The molecule has 1 aliphatic heterocycles. The highest BCUT2D eigenvalue weighted by Crippen LogP contribution is 2.47. The normalized spacial score (nSPS) is 27.3. The molecular formula is C26H30F8N4O6S. The molecule has 3 N–H and O–H groups in total. The van der Waals surface area contributed by atoms with Crippen molar-refractivity contribution in [1.29, 1.82) is 0 Å². The molecule has 0 spiro atoms. The number of carbonyl (C=O) groups is 1. The molecule has 0 unspecified atom stereocenters. The number of alkyl halides is 5. The minimum absolute atomic E-state index is 0.176. The maximum atomic E-state index is 14.0. The van der Waals surface area contributed by atoms with E-state index in [0.29, 0.717) is 28.8 Å². The topological polar surface area (TPSA) is 130 Å². The van der Waals surface area contributed by atoms with Crippen molar-refractivity contribution < 1.29 is 64.7 Å². The van der Waals surface area contributed by atoms with Gasteiger partial charge in [0.2, 0.25) is 11.8 Å². The van der Waals surface area contributed by atoms with Crippen LogP contribution in [0, 0.1) is 17.5 Å². The number of methoxy groups -OCH3 is 1. The van der Waals surface area contributed by atoms with Crippen LogP contribution in [0.3, 0.4) is 0 Å². The molecule has 252 valence electrons. The lowest BCUT2D eigenvalue weighted by Crippen LogP contribution is -2.59. The number of aromatic nitrogens is 3. The molecular weight excluding hydrogens is 648 g/mol. The first-order valence-electron chi connectivity index (χ1n) is 13.5. The summed E-state index contributed by atoms with van der Waals surface area (Å²) >= 11 is 0.469. The highest BCUT2D eigenvalue weighted by molar-refractivity contribution is 8.01. The van der Waals surface area contributed by atoms with Gasteiger partial charge in [0.25, 0.3) is 0 Å². The summed E-state index contributed by atoms with van der Waals surface area (Å²) in [6, 6.07) is -0.0278. The number of rotatable bonds is 9. The summed E-state index contributed by atoms with van der Waals surface area (Å²) < 4.78 is 121. The SMILES string of the molecule is CO[C@@H]1[C@@H](n2cc(-c3cc(F)c(F)c(F)c3)nn2)[C@@H](O)[C@@H](CO)O[C@H]1S[C@H](C(=O)N(C)CC(F)(F)F)C1(O)CCC(F)(F)CC1. The van der Waals surface area contributed by atoms with Crippen LogP contribution in [0.15, 0.2) is 18.3 Å². The second kappa shape index (κ2) is 13.3. The summed E-state index contributed by atoms with van der Waals surface area (Å²) in [6.07, 6.45) is -11.1. The number of hydrogen-bond donors (Lipinski definition) is 3. The van der Waals surface area contributed by atoms with E-state index in [1.165, 1.54) is 0 Å². The fourth-order valence-corrected chi connectivity index (χ4v) is 7.08. The maximum Gasteiger partial charge on any atom is 0.406 e. The number of hydrogen-bond acceptors (Lipinski definition) is 9. The number of ether oxygens (including phenoxy) is 2. The van der Waals surface area contributed by atoms with Crippen LogP contribution in [0.1, 0.15) is 31.7 Å². The Morgan fingerprint density at radius 2 is 1.80 bits per heavy atom. The number of thioether (sulfide) groups is 1. The number of amides is 1. The van der Waals surface area contributed by atoms with Crippen molar-refractivity contribution in [1.82, 2.24) is 19.9 Å². The summed E-state index contributed by atoms with van der Waals surface area (Å²) in [6.45, 7) is -2.54. The monoisotopic (exact) mass is 678 g/mol. The third-order valence-electron chi connectivity index (χ3n) is 7.81. The van der Waals surface area contributed by atoms with Crippen molar-refractivity contribution in [3.63, 3.8) is 0 Å². The largest absolute Gasteiger partial charge is 0.406 e. The molecule has 1 aliphatic carbocycles. The zero-order valence-electron chi connectivity index (χ0n) is 23.7. The van der Waals surface area contributed by atoms with Crippen LogP contribution in [0.4, 0.5) is 35.1 Å². The van der Waals surface area contributed by atoms with Gasteiger partial charge in [0.1, 0.15) is 47.3 Å². The Balaban J connectivity index is 1.70. The van der Waals surface area contributed by atoms with Gasteiger partial charge >= 0.3 is 6.18 Å². The molecule has 4 rings (SSSR count). The van der Waals surface area contributed by atoms with E-state index < -0.39 is 115 Å². The average Bonchev–Trinajstić information content (AvgIpc) is 3.45. The molecule has 6 atom stereocenters. The zero-order chi connectivity index (χ0) is 33.5. The second-order valence-corrected chi connectivity index (χ2v) is 12.2. The minimum Gasteiger partial charge on any atom is -0.394 e. The van der Waals surface area contributed by atoms with Gasteiger partial charge < -0.3 is 29.7 Å². The molecule has 2 aromatic rings. The van der Waals surface area contributed by atoms with Crippen LogP contribution in [0.25, 0.3) is 11.3 Å². The number of aliphatic hydroxyl groups excluding tert-OH is 2. The Kier molecular flexibility index (Phi) is 10.4. The molecule has 1 saturated heterocycles. The summed E-state index contributed by atoms with van der Waals surface area (Å²) in [5.74, 6) is -9.15. The van der Waals surface area contributed by atoms with Crippen LogP contribution in [0.5, 0.6) is 0 Å². The summed E-state index contributed by atoms with van der Waals surface area (Å²) in [5, 5.41) is 38.3. The quantitative estimate of drug-likeness (QED) is 0.271. The van der Waals surface area contributed by atoms with Crippen LogP contribution >= 0.6 is 11.8 Å². The number of carbonyl (C=O) groups excluding carboxylic acids is 1. The Bertz CT molecular complexity index is 1330. The van der Waals surface area contributed by atoms with Crippen molar-refractivity contribution in [3.05, 3.63) is 35.8 Å². The third kappa shape index (κ3) is 7.70. The number of nitrogens with zero attached hydrogens (tertiary/aromatic N) is 4. The lowest BCUT2D eigenvalue weighted by atomic mass is 9.80. The molecule has 19 heteroatoms. The minimum atomic E-state index is -4.82. The van der Waals surface area contributed by atoms with Crippen molar-refractivity contribution in [3.8, 4) is 11.3 Å². The Morgan fingerprint density at radius 1 is 1.20 bits per heavy atom. The van der Waals surface area contributed by atoms with E-state index in [0.717, 1.165) is 25.0 Å². The predicted octanol–water partition coefficient (Wildman–Crippen LogP) is 3.06. The van der Waals surface area contributed by atoms with Gasteiger partial charge in [0.15, 0.2) is 17.5 Å². The smallest absolute Gasteiger partial charge is 0.394 e. The summed E-state index contributed by atoms with van der Waals surface area (Å²) in [5.41, 5.74) is -4.05. The standard InChI is InChI=1S/C26H30F8N4O6S/c1-37(11-26(32,33)34)22(41)21(24(42)3-5-25(30,31)6-4-24)45-23-20(43-2)18(19(40)16(10-39)44-23)38-9-15(35-36-38)12-7-13(27)17(29)14(28)8-12/h7-9,16,18-21,23,39-40,42H,3-6,10-11H2,1-2H3/t16-,18+,19+,20-,21-,23+/m1/s1. The van der Waals surface area contributed by atoms with Gasteiger partial charge in [-0.2, -0.15) is 13.2 Å². The summed E-state index contributed by atoms with van der Waals surface area (Å²) in [7, 11) is 1.98. The molecule has 2 aliphatic rings. The first-order chi connectivity index (χ1) is 20.9. The molecule has 1 aromatic carbocycles. The average molecular weight is 679 g/mol. The molecule has 0 bridgehead atoms. The highest BCUT2D eigenvalue weighted by atomic mass is 32.2. The predicted molar refractivity (Wildman–Crippen MR) is 140 cm³/mol. The molecule has 1 amide bonds. The zero-order valence-corrected chi connectivity index (χ0v) is 24.5. The Labute approximate surface area is 255 Å². The fourth-order valence-electron chi connectivity index (χ4n) is 5.39. The lowest BCUT2D eigenvalue weighted by Gasteiger charge is -2.47. The van der Waals surface area contributed by atoms with Gasteiger partial charge in [-0.05, 0) is 25.0 Å².